The predicted molar refractivity (Wildman–Crippen MR) is 113 cm³/mol. The molecule has 1 aliphatic rings. The number of hydrogen-bond acceptors (Lipinski definition) is 3. The lowest BCUT2D eigenvalue weighted by Gasteiger charge is -2.18. The zero-order valence-electron chi connectivity index (χ0n) is 16.7. The molecule has 0 aliphatic carbocycles. The minimum Gasteiger partial charge on any atom is -0.467 e. The summed E-state index contributed by atoms with van der Waals surface area (Å²) in [6.45, 7) is 3.94. The van der Waals surface area contributed by atoms with Crippen LogP contribution in [-0.2, 0) is 31.6 Å². The fraction of sp³-hybridized carbons (Fsp3) is 0.208. The minimum atomic E-state index is -1.56. The van der Waals surface area contributed by atoms with E-state index in [0.29, 0.717) is 4.90 Å². The predicted octanol–water partition coefficient (Wildman–Crippen LogP) is 4.32. The molecular formula is C24H23NO3S. The number of carbonyl (C=O) groups is 1. The Hall–Kier alpha value is -2.76. The van der Waals surface area contributed by atoms with E-state index >= 15 is 0 Å². The molecule has 1 saturated heterocycles. The average molecular weight is 406 g/mol. The molecule has 5 heteroatoms. The van der Waals surface area contributed by atoms with Crippen LogP contribution in [0.25, 0.3) is 0 Å². The van der Waals surface area contributed by atoms with Crippen LogP contribution in [0, 0.1) is 6.92 Å². The summed E-state index contributed by atoms with van der Waals surface area (Å²) < 4.78 is 20.8. The summed E-state index contributed by atoms with van der Waals surface area (Å²) in [7, 11) is -0.183. The second-order valence-corrected chi connectivity index (χ2v) is 8.70. The maximum absolute atomic E-state index is 13.7. The third-order valence-corrected chi connectivity index (χ3v) is 7.41. The maximum Gasteiger partial charge on any atom is 0.334 e. The fourth-order valence-electron chi connectivity index (χ4n) is 4.21. The molecule has 1 aliphatic heterocycles. The Morgan fingerprint density at radius 1 is 0.862 bits per heavy atom. The van der Waals surface area contributed by atoms with Crippen molar-refractivity contribution in [1.82, 2.24) is 4.31 Å². The molecule has 4 atom stereocenters. The highest BCUT2D eigenvalue weighted by Crippen LogP contribution is 2.66. The summed E-state index contributed by atoms with van der Waals surface area (Å²) in [5.74, 6) is -0.421. The third kappa shape index (κ3) is 2.76. The molecular weight excluding hydrogens is 382 g/mol. The van der Waals surface area contributed by atoms with E-state index in [1.165, 1.54) is 7.11 Å². The van der Waals surface area contributed by atoms with E-state index in [9.17, 15) is 9.00 Å². The molecule has 148 valence electrons. The van der Waals surface area contributed by atoms with Gasteiger partial charge in [0.25, 0.3) is 0 Å². The quantitative estimate of drug-likeness (QED) is 0.469. The molecule has 3 aromatic rings. The number of carbonyl (C=O) groups excluding carboxylic acids is 1. The Morgan fingerprint density at radius 3 is 1.90 bits per heavy atom. The summed E-state index contributed by atoms with van der Waals surface area (Å²) in [5, 5.41) is 0. The normalized spacial score (nSPS) is 26.5. The Labute approximate surface area is 173 Å². The van der Waals surface area contributed by atoms with Crippen molar-refractivity contribution >= 4 is 17.0 Å². The molecule has 0 bridgehead atoms. The van der Waals surface area contributed by atoms with Crippen LogP contribution in [0.5, 0.6) is 0 Å². The van der Waals surface area contributed by atoms with Gasteiger partial charge < -0.3 is 4.74 Å². The summed E-state index contributed by atoms with van der Waals surface area (Å²) in [6.07, 6.45) is 0. The number of ether oxygens (including phenoxy) is 1. The van der Waals surface area contributed by atoms with E-state index < -0.39 is 28.0 Å². The number of benzene rings is 3. The third-order valence-electron chi connectivity index (χ3n) is 5.76. The minimum absolute atomic E-state index is 0.421. The van der Waals surface area contributed by atoms with Crippen LogP contribution in [0.15, 0.2) is 89.8 Å². The molecule has 29 heavy (non-hydrogen) atoms. The lowest BCUT2D eigenvalue weighted by atomic mass is 9.83. The zero-order chi connectivity index (χ0) is 20.6. The SMILES string of the molecule is COC(=O)[C@@]1(c2ccccc2)N(S(=O)c2ccc(C)cc2)[C@@]1(C)c1ccccc1. The highest BCUT2D eigenvalue weighted by atomic mass is 32.2. The maximum atomic E-state index is 13.7. The molecule has 0 spiro atoms. The van der Waals surface area contributed by atoms with E-state index in [4.69, 9.17) is 4.74 Å². The van der Waals surface area contributed by atoms with Crippen molar-refractivity contribution in [3.05, 3.63) is 102 Å². The molecule has 0 amide bonds. The van der Waals surface area contributed by atoms with Gasteiger partial charge in [0.1, 0.15) is 11.0 Å². The van der Waals surface area contributed by atoms with Crippen molar-refractivity contribution in [3.63, 3.8) is 0 Å². The Balaban J connectivity index is 1.94. The van der Waals surface area contributed by atoms with Crippen molar-refractivity contribution in [2.24, 2.45) is 0 Å². The standard InChI is InChI=1S/C24H23NO3S/c1-18-14-16-21(17-15-18)29(27)25-23(2,19-10-6-4-7-11-19)24(25,22(26)28-3)20-12-8-5-9-13-20/h4-17H,1-3H3/t23-,24+,25?,29?/m0/s1. The summed E-state index contributed by atoms with van der Waals surface area (Å²) in [6, 6.07) is 26.7. The van der Waals surface area contributed by atoms with Gasteiger partial charge in [-0.2, -0.15) is 4.31 Å². The second kappa shape index (κ2) is 7.25. The van der Waals surface area contributed by atoms with E-state index in [-0.39, 0.29) is 0 Å². The lowest BCUT2D eigenvalue weighted by Crippen LogP contribution is -2.32. The van der Waals surface area contributed by atoms with Gasteiger partial charge in [0.05, 0.1) is 17.5 Å². The Morgan fingerprint density at radius 2 is 1.38 bits per heavy atom. The Kier molecular flexibility index (Phi) is 4.89. The van der Waals surface area contributed by atoms with E-state index in [2.05, 4.69) is 0 Å². The van der Waals surface area contributed by atoms with Gasteiger partial charge in [-0.25, -0.2) is 9.00 Å². The van der Waals surface area contributed by atoms with Gasteiger partial charge in [-0.1, -0.05) is 78.4 Å². The van der Waals surface area contributed by atoms with Crippen LogP contribution in [-0.4, -0.2) is 21.6 Å². The van der Waals surface area contributed by atoms with Crippen LogP contribution in [0.2, 0.25) is 0 Å². The number of aryl methyl sites for hydroxylation is 1. The second-order valence-electron chi connectivity index (χ2n) is 7.36. The van der Waals surface area contributed by atoms with Gasteiger partial charge in [-0.3, -0.25) is 0 Å². The van der Waals surface area contributed by atoms with Crippen molar-refractivity contribution in [2.45, 2.75) is 29.8 Å². The molecule has 0 aromatic heterocycles. The molecule has 1 fully saturated rings. The van der Waals surface area contributed by atoms with Crippen molar-refractivity contribution in [2.75, 3.05) is 7.11 Å². The molecule has 4 rings (SSSR count). The van der Waals surface area contributed by atoms with Crippen molar-refractivity contribution < 1.29 is 13.7 Å². The highest BCUT2D eigenvalue weighted by Gasteiger charge is 2.81. The number of methoxy groups -OCH3 is 1. The number of esters is 1. The summed E-state index contributed by atoms with van der Waals surface area (Å²) in [4.78, 5) is 13.9. The van der Waals surface area contributed by atoms with Crippen molar-refractivity contribution in [1.29, 1.82) is 0 Å². The molecule has 2 unspecified atom stereocenters. The average Bonchev–Trinajstić information content (AvgIpc) is 3.36. The van der Waals surface area contributed by atoms with Gasteiger partial charge >= 0.3 is 5.97 Å². The van der Waals surface area contributed by atoms with Crippen LogP contribution >= 0.6 is 0 Å². The molecule has 0 saturated carbocycles. The number of nitrogens with zero attached hydrogens (tertiary/aromatic N) is 1. The van der Waals surface area contributed by atoms with E-state index in [1.807, 2.05) is 98.8 Å². The smallest absolute Gasteiger partial charge is 0.334 e. The lowest BCUT2D eigenvalue weighted by molar-refractivity contribution is -0.145. The first kappa shape index (κ1) is 19.6. The van der Waals surface area contributed by atoms with Gasteiger partial charge in [0.2, 0.25) is 0 Å². The van der Waals surface area contributed by atoms with Gasteiger partial charge in [0, 0.05) is 0 Å². The number of rotatable bonds is 5. The van der Waals surface area contributed by atoms with Crippen LogP contribution in [0.4, 0.5) is 0 Å². The molecule has 1 heterocycles. The summed E-state index contributed by atoms with van der Waals surface area (Å²) in [5.41, 5.74) is 0.761. The van der Waals surface area contributed by atoms with Gasteiger partial charge in [-0.05, 0) is 37.1 Å². The van der Waals surface area contributed by atoms with E-state index in [0.717, 1.165) is 16.7 Å². The molecule has 4 nitrogen and oxygen atoms in total. The number of hydrogen-bond donors (Lipinski definition) is 0. The van der Waals surface area contributed by atoms with Gasteiger partial charge in [-0.15, -0.1) is 0 Å². The first-order valence-corrected chi connectivity index (χ1v) is 10.6. The zero-order valence-corrected chi connectivity index (χ0v) is 17.5. The van der Waals surface area contributed by atoms with E-state index in [1.54, 1.807) is 4.31 Å². The molecule has 0 N–H and O–H groups in total. The largest absolute Gasteiger partial charge is 0.467 e. The first-order chi connectivity index (χ1) is 14.0. The highest BCUT2D eigenvalue weighted by molar-refractivity contribution is 7.83. The van der Waals surface area contributed by atoms with Crippen LogP contribution in [0.3, 0.4) is 0 Å². The first-order valence-electron chi connectivity index (χ1n) is 9.46. The fourth-order valence-corrected chi connectivity index (χ4v) is 5.92. The molecule has 0 radical (unpaired) electrons. The van der Waals surface area contributed by atoms with Crippen molar-refractivity contribution in [3.8, 4) is 0 Å². The molecule has 3 aromatic carbocycles. The Bertz CT molecular complexity index is 1050. The topological polar surface area (TPSA) is 46.4 Å². The van der Waals surface area contributed by atoms with Crippen LogP contribution < -0.4 is 0 Å². The van der Waals surface area contributed by atoms with Crippen LogP contribution in [0.1, 0.15) is 23.6 Å². The monoisotopic (exact) mass is 405 g/mol. The van der Waals surface area contributed by atoms with Gasteiger partial charge in [0.15, 0.2) is 5.54 Å². The summed E-state index contributed by atoms with van der Waals surface area (Å²) >= 11 is 0.